The van der Waals surface area contributed by atoms with Gasteiger partial charge in [-0.05, 0) is 31.4 Å². The highest BCUT2D eigenvalue weighted by Crippen LogP contribution is 2.24. The predicted molar refractivity (Wildman–Crippen MR) is 67.7 cm³/mol. The van der Waals surface area contributed by atoms with Crippen molar-refractivity contribution in [2.24, 2.45) is 0 Å². The normalized spacial score (nSPS) is 22.8. The second kappa shape index (κ2) is 5.57. The Hall–Kier alpha value is -1.29. The summed E-state index contributed by atoms with van der Waals surface area (Å²) in [6, 6.07) is 4.11. The molecule has 5 heteroatoms. The largest absolute Gasteiger partial charge is 0.497 e. The van der Waals surface area contributed by atoms with Crippen molar-refractivity contribution in [2.75, 3.05) is 7.11 Å². The molecule has 1 saturated carbocycles. The van der Waals surface area contributed by atoms with Crippen molar-refractivity contribution >= 4 is 17.5 Å². The predicted octanol–water partition coefficient (Wildman–Crippen LogP) is 2.72. The highest BCUT2D eigenvalue weighted by atomic mass is 35.5. The lowest BCUT2D eigenvalue weighted by atomic mass is 10.1. The minimum atomic E-state index is -0.587. The van der Waals surface area contributed by atoms with Crippen LogP contribution < -0.4 is 10.1 Å². The number of carbonyl (C=O) groups excluding carboxylic acids is 1. The van der Waals surface area contributed by atoms with Gasteiger partial charge in [0.25, 0.3) is 5.91 Å². The van der Waals surface area contributed by atoms with E-state index in [-0.39, 0.29) is 17.0 Å². The Morgan fingerprint density at radius 2 is 2.28 bits per heavy atom. The first-order valence-electron chi connectivity index (χ1n) is 5.90. The zero-order valence-corrected chi connectivity index (χ0v) is 10.8. The van der Waals surface area contributed by atoms with E-state index < -0.39 is 11.7 Å². The van der Waals surface area contributed by atoms with Crippen LogP contribution in [0.3, 0.4) is 0 Å². The molecule has 98 valence electrons. The maximum atomic E-state index is 13.7. The molecule has 1 fully saturated rings. The third-order valence-electron chi connectivity index (χ3n) is 3.17. The molecule has 3 nitrogen and oxygen atoms in total. The number of methoxy groups -OCH3 is 1. The smallest absolute Gasteiger partial charge is 0.254 e. The third kappa shape index (κ3) is 2.75. The number of amides is 1. The van der Waals surface area contributed by atoms with E-state index in [2.05, 4.69) is 5.32 Å². The van der Waals surface area contributed by atoms with Crippen LogP contribution in [0.5, 0.6) is 5.75 Å². The number of carbonyl (C=O) groups is 1. The molecule has 1 amide bonds. The average molecular weight is 272 g/mol. The number of hydrogen-bond acceptors (Lipinski definition) is 2. The van der Waals surface area contributed by atoms with Crippen molar-refractivity contribution < 1.29 is 13.9 Å². The number of benzene rings is 1. The Balaban J connectivity index is 2.09. The van der Waals surface area contributed by atoms with Crippen molar-refractivity contribution in [1.82, 2.24) is 5.32 Å². The van der Waals surface area contributed by atoms with Crippen LogP contribution >= 0.6 is 11.6 Å². The Morgan fingerprint density at radius 1 is 1.50 bits per heavy atom. The Morgan fingerprint density at radius 3 is 2.83 bits per heavy atom. The first-order valence-corrected chi connectivity index (χ1v) is 6.34. The van der Waals surface area contributed by atoms with Gasteiger partial charge in [0, 0.05) is 12.1 Å². The summed E-state index contributed by atoms with van der Waals surface area (Å²) < 4.78 is 18.6. The molecular weight excluding hydrogens is 257 g/mol. The molecule has 0 heterocycles. The minimum Gasteiger partial charge on any atom is -0.497 e. The van der Waals surface area contributed by atoms with Gasteiger partial charge in [0.2, 0.25) is 0 Å². The molecule has 2 unspecified atom stereocenters. The summed E-state index contributed by atoms with van der Waals surface area (Å²) in [4.78, 5) is 11.9. The van der Waals surface area contributed by atoms with E-state index >= 15 is 0 Å². The van der Waals surface area contributed by atoms with Gasteiger partial charge in [0.1, 0.15) is 11.6 Å². The number of halogens is 2. The number of alkyl halides is 1. The molecule has 0 saturated heterocycles. The van der Waals surface area contributed by atoms with Crippen molar-refractivity contribution in [2.45, 2.75) is 30.7 Å². The Labute approximate surface area is 110 Å². The zero-order chi connectivity index (χ0) is 13.1. The summed E-state index contributed by atoms with van der Waals surface area (Å²) in [5.41, 5.74) is 0.0200. The monoisotopic (exact) mass is 271 g/mol. The molecular formula is C13H15ClFNO2. The van der Waals surface area contributed by atoms with Gasteiger partial charge in [-0.3, -0.25) is 4.79 Å². The molecule has 0 spiro atoms. The number of hydrogen-bond donors (Lipinski definition) is 1. The standard InChI is InChI=1S/C13H15ClFNO2/c1-18-8-5-6-9(11(15)7-8)13(17)16-12-4-2-3-10(12)14/h5-7,10,12H,2-4H2,1H3,(H,16,17). The van der Waals surface area contributed by atoms with Gasteiger partial charge in [0.05, 0.1) is 18.1 Å². The highest BCUT2D eigenvalue weighted by Gasteiger charge is 2.27. The summed E-state index contributed by atoms with van der Waals surface area (Å²) in [6.07, 6.45) is 2.72. The van der Waals surface area contributed by atoms with E-state index in [1.807, 2.05) is 0 Å². The Bertz CT molecular complexity index is 453. The molecule has 1 aliphatic rings. The number of nitrogens with one attached hydrogen (secondary N) is 1. The van der Waals surface area contributed by atoms with E-state index in [4.69, 9.17) is 16.3 Å². The first kappa shape index (κ1) is 13.1. The lowest BCUT2D eigenvalue weighted by Gasteiger charge is -2.16. The summed E-state index contributed by atoms with van der Waals surface area (Å²) in [7, 11) is 1.45. The van der Waals surface area contributed by atoms with E-state index in [1.54, 1.807) is 6.07 Å². The van der Waals surface area contributed by atoms with Crippen molar-refractivity contribution in [3.8, 4) is 5.75 Å². The lowest BCUT2D eigenvalue weighted by molar-refractivity contribution is 0.0934. The zero-order valence-electron chi connectivity index (χ0n) is 10.1. The van der Waals surface area contributed by atoms with Crippen LogP contribution in [0.2, 0.25) is 0 Å². The van der Waals surface area contributed by atoms with Gasteiger partial charge in [-0.25, -0.2) is 4.39 Å². The minimum absolute atomic E-state index is 0.0200. The SMILES string of the molecule is COc1ccc(C(=O)NC2CCCC2Cl)c(F)c1. The topological polar surface area (TPSA) is 38.3 Å². The molecule has 1 aromatic carbocycles. The second-order valence-corrected chi connectivity index (χ2v) is 4.93. The lowest BCUT2D eigenvalue weighted by Crippen LogP contribution is -2.38. The fourth-order valence-corrected chi connectivity index (χ4v) is 2.47. The van der Waals surface area contributed by atoms with Crippen LogP contribution in [-0.2, 0) is 0 Å². The summed E-state index contributed by atoms with van der Waals surface area (Å²) in [6.45, 7) is 0. The number of ether oxygens (including phenoxy) is 1. The highest BCUT2D eigenvalue weighted by molar-refractivity contribution is 6.21. The third-order valence-corrected chi connectivity index (χ3v) is 3.69. The van der Waals surface area contributed by atoms with Crippen molar-refractivity contribution in [3.05, 3.63) is 29.6 Å². The van der Waals surface area contributed by atoms with Crippen LogP contribution in [-0.4, -0.2) is 24.4 Å². The molecule has 0 aromatic heterocycles. The maximum Gasteiger partial charge on any atom is 0.254 e. The van der Waals surface area contributed by atoms with Gasteiger partial charge >= 0.3 is 0 Å². The van der Waals surface area contributed by atoms with E-state index in [9.17, 15) is 9.18 Å². The Kier molecular flexibility index (Phi) is 4.07. The van der Waals surface area contributed by atoms with Crippen LogP contribution in [0.4, 0.5) is 4.39 Å². The van der Waals surface area contributed by atoms with E-state index in [0.717, 1.165) is 19.3 Å². The quantitative estimate of drug-likeness (QED) is 0.859. The second-order valence-electron chi connectivity index (χ2n) is 4.37. The molecule has 18 heavy (non-hydrogen) atoms. The fourth-order valence-electron chi connectivity index (χ4n) is 2.13. The fraction of sp³-hybridized carbons (Fsp3) is 0.462. The number of rotatable bonds is 3. The molecule has 2 atom stereocenters. The van der Waals surface area contributed by atoms with Crippen LogP contribution in [0.25, 0.3) is 0 Å². The molecule has 1 N–H and O–H groups in total. The van der Waals surface area contributed by atoms with Gasteiger partial charge in [-0.15, -0.1) is 11.6 Å². The van der Waals surface area contributed by atoms with Crippen molar-refractivity contribution in [3.63, 3.8) is 0 Å². The van der Waals surface area contributed by atoms with E-state index in [0.29, 0.717) is 5.75 Å². The van der Waals surface area contributed by atoms with Crippen LogP contribution in [0, 0.1) is 5.82 Å². The van der Waals surface area contributed by atoms with Gasteiger partial charge in [-0.1, -0.05) is 0 Å². The summed E-state index contributed by atoms with van der Waals surface area (Å²) in [5, 5.41) is 2.71. The first-order chi connectivity index (χ1) is 8.61. The summed E-state index contributed by atoms with van der Waals surface area (Å²) in [5.74, 6) is -0.621. The van der Waals surface area contributed by atoms with Crippen LogP contribution in [0.15, 0.2) is 18.2 Å². The molecule has 0 radical (unpaired) electrons. The molecule has 1 aliphatic carbocycles. The van der Waals surface area contributed by atoms with Crippen LogP contribution in [0.1, 0.15) is 29.6 Å². The van der Waals surface area contributed by atoms with Gasteiger partial charge in [-0.2, -0.15) is 0 Å². The van der Waals surface area contributed by atoms with Gasteiger partial charge in [0.15, 0.2) is 0 Å². The van der Waals surface area contributed by atoms with E-state index in [1.165, 1.54) is 19.2 Å². The molecule has 0 aliphatic heterocycles. The van der Waals surface area contributed by atoms with Gasteiger partial charge < -0.3 is 10.1 Å². The molecule has 2 rings (SSSR count). The maximum absolute atomic E-state index is 13.7. The average Bonchev–Trinajstić information content (AvgIpc) is 2.74. The molecule has 1 aromatic rings. The summed E-state index contributed by atoms with van der Waals surface area (Å²) >= 11 is 6.07. The molecule has 0 bridgehead atoms. The van der Waals surface area contributed by atoms with Crippen molar-refractivity contribution in [1.29, 1.82) is 0 Å².